The van der Waals surface area contributed by atoms with Gasteiger partial charge in [-0.05, 0) is 74.4 Å². The van der Waals surface area contributed by atoms with Crippen LogP contribution in [0.5, 0.6) is 0 Å². The Morgan fingerprint density at radius 1 is 1.03 bits per heavy atom. The van der Waals surface area contributed by atoms with E-state index in [2.05, 4.69) is 26.3 Å². The second-order valence-electron chi connectivity index (χ2n) is 8.80. The molecule has 1 saturated carbocycles. The SMILES string of the molecule is Cc1ccc(NC2CC3CCC2N(C(=O)c2ncc(C)cc2-c2ccccn2)C3)nc1. The minimum atomic E-state index is -0.00119. The minimum Gasteiger partial charge on any atom is -0.365 e. The molecule has 2 aliphatic heterocycles. The van der Waals surface area contributed by atoms with Crippen molar-refractivity contribution in [3.63, 3.8) is 0 Å². The lowest BCUT2D eigenvalue weighted by atomic mass is 9.76. The normalized spacial score (nSPS) is 22.4. The summed E-state index contributed by atoms with van der Waals surface area (Å²) < 4.78 is 0. The Morgan fingerprint density at radius 2 is 1.90 bits per heavy atom. The molecule has 1 aliphatic carbocycles. The summed E-state index contributed by atoms with van der Waals surface area (Å²) in [6.07, 6.45) is 8.64. The predicted octanol–water partition coefficient (Wildman–Crippen LogP) is 4.26. The number of aryl methyl sites for hydroxylation is 2. The first-order chi connectivity index (χ1) is 15.1. The molecular weight excluding hydrogens is 386 g/mol. The second kappa shape index (κ2) is 8.10. The van der Waals surface area contributed by atoms with Gasteiger partial charge in [0.15, 0.2) is 0 Å². The molecule has 0 spiro atoms. The largest absolute Gasteiger partial charge is 0.365 e. The lowest BCUT2D eigenvalue weighted by Gasteiger charge is -2.50. The van der Waals surface area contributed by atoms with Gasteiger partial charge in [0.1, 0.15) is 11.5 Å². The average molecular weight is 414 g/mol. The monoisotopic (exact) mass is 413 g/mol. The molecule has 3 unspecified atom stereocenters. The van der Waals surface area contributed by atoms with Crippen molar-refractivity contribution in [2.45, 2.75) is 45.2 Å². The molecule has 0 aromatic carbocycles. The molecule has 158 valence electrons. The zero-order valence-corrected chi connectivity index (χ0v) is 18.0. The van der Waals surface area contributed by atoms with Crippen LogP contribution in [0.3, 0.4) is 0 Å². The van der Waals surface area contributed by atoms with Crippen molar-refractivity contribution in [3.8, 4) is 11.3 Å². The Labute approximate surface area is 182 Å². The van der Waals surface area contributed by atoms with Gasteiger partial charge in [0, 0.05) is 36.7 Å². The van der Waals surface area contributed by atoms with E-state index in [1.54, 1.807) is 12.4 Å². The van der Waals surface area contributed by atoms with E-state index in [4.69, 9.17) is 0 Å². The van der Waals surface area contributed by atoms with E-state index in [0.717, 1.165) is 47.6 Å². The third-order valence-corrected chi connectivity index (χ3v) is 6.45. The lowest BCUT2D eigenvalue weighted by Crippen LogP contribution is -2.60. The maximum absolute atomic E-state index is 13.7. The number of hydrogen-bond donors (Lipinski definition) is 1. The Bertz CT molecular complexity index is 1080. The van der Waals surface area contributed by atoms with Crippen LogP contribution in [0.1, 0.15) is 40.9 Å². The molecule has 2 saturated heterocycles. The van der Waals surface area contributed by atoms with E-state index in [1.165, 1.54) is 6.42 Å². The topological polar surface area (TPSA) is 71.0 Å². The number of amides is 1. The molecule has 1 N–H and O–H groups in total. The van der Waals surface area contributed by atoms with Crippen LogP contribution < -0.4 is 5.32 Å². The lowest BCUT2D eigenvalue weighted by molar-refractivity contribution is 0.0277. The highest BCUT2D eigenvalue weighted by Crippen LogP contribution is 2.38. The highest BCUT2D eigenvalue weighted by atomic mass is 16.2. The van der Waals surface area contributed by atoms with E-state index in [9.17, 15) is 4.79 Å². The van der Waals surface area contributed by atoms with Crippen molar-refractivity contribution in [3.05, 3.63) is 71.8 Å². The number of carbonyl (C=O) groups excluding carboxylic acids is 1. The van der Waals surface area contributed by atoms with E-state index in [1.807, 2.05) is 55.3 Å². The highest BCUT2D eigenvalue weighted by molar-refractivity contribution is 5.99. The molecule has 1 amide bonds. The van der Waals surface area contributed by atoms with Crippen LogP contribution in [-0.4, -0.2) is 44.4 Å². The fourth-order valence-corrected chi connectivity index (χ4v) is 4.92. The Morgan fingerprint density at radius 3 is 2.65 bits per heavy atom. The zero-order valence-electron chi connectivity index (χ0n) is 18.0. The van der Waals surface area contributed by atoms with Crippen LogP contribution in [-0.2, 0) is 0 Å². The van der Waals surface area contributed by atoms with Crippen molar-refractivity contribution >= 4 is 11.7 Å². The Hall–Kier alpha value is -3.28. The number of hydrogen-bond acceptors (Lipinski definition) is 5. The molecule has 3 fully saturated rings. The average Bonchev–Trinajstić information content (AvgIpc) is 2.81. The summed E-state index contributed by atoms with van der Waals surface area (Å²) in [5.74, 6) is 1.37. The van der Waals surface area contributed by atoms with Crippen LogP contribution in [0.4, 0.5) is 5.82 Å². The summed E-state index contributed by atoms with van der Waals surface area (Å²) in [6.45, 7) is 4.82. The van der Waals surface area contributed by atoms with E-state index < -0.39 is 0 Å². The van der Waals surface area contributed by atoms with Gasteiger partial charge in [-0.1, -0.05) is 12.1 Å². The Kier molecular flexibility index (Phi) is 5.14. The number of fused-ring (bicyclic) bond motifs is 3. The van der Waals surface area contributed by atoms with E-state index in [-0.39, 0.29) is 18.0 Å². The number of aromatic nitrogens is 3. The zero-order chi connectivity index (χ0) is 21.4. The van der Waals surface area contributed by atoms with Crippen molar-refractivity contribution in [1.82, 2.24) is 19.9 Å². The van der Waals surface area contributed by atoms with Gasteiger partial charge < -0.3 is 10.2 Å². The van der Waals surface area contributed by atoms with Gasteiger partial charge in [0.25, 0.3) is 5.91 Å². The summed E-state index contributed by atoms with van der Waals surface area (Å²) in [6, 6.07) is 12.2. The molecule has 5 heterocycles. The highest BCUT2D eigenvalue weighted by Gasteiger charge is 2.43. The van der Waals surface area contributed by atoms with Crippen LogP contribution in [0.25, 0.3) is 11.3 Å². The molecule has 6 heteroatoms. The summed E-state index contributed by atoms with van der Waals surface area (Å²) in [7, 11) is 0. The van der Waals surface area contributed by atoms with Gasteiger partial charge in [-0.25, -0.2) is 4.98 Å². The number of rotatable bonds is 4. The molecule has 31 heavy (non-hydrogen) atoms. The quantitative estimate of drug-likeness (QED) is 0.692. The fraction of sp³-hybridized carbons (Fsp3) is 0.360. The number of carbonyl (C=O) groups is 1. The summed E-state index contributed by atoms with van der Waals surface area (Å²) in [5.41, 5.74) is 4.23. The van der Waals surface area contributed by atoms with E-state index >= 15 is 0 Å². The Balaban J connectivity index is 1.44. The molecule has 0 radical (unpaired) electrons. The maximum atomic E-state index is 13.7. The van der Waals surface area contributed by atoms with Gasteiger partial charge in [-0.2, -0.15) is 0 Å². The molecular formula is C25H27N5O. The second-order valence-corrected chi connectivity index (χ2v) is 8.80. The summed E-state index contributed by atoms with van der Waals surface area (Å²) in [5, 5.41) is 3.59. The van der Waals surface area contributed by atoms with Crippen LogP contribution in [0, 0.1) is 19.8 Å². The third-order valence-electron chi connectivity index (χ3n) is 6.45. The van der Waals surface area contributed by atoms with Crippen molar-refractivity contribution in [2.24, 2.45) is 5.92 Å². The number of piperidine rings is 2. The van der Waals surface area contributed by atoms with Gasteiger partial charge >= 0.3 is 0 Å². The molecule has 6 nitrogen and oxygen atoms in total. The van der Waals surface area contributed by atoms with Gasteiger partial charge in [-0.15, -0.1) is 0 Å². The molecule has 2 bridgehead atoms. The number of nitrogens with one attached hydrogen (secondary N) is 1. The first kappa shape index (κ1) is 19.7. The number of pyridine rings is 3. The number of nitrogens with zero attached hydrogens (tertiary/aromatic N) is 4. The molecule has 3 aromatic rings. The van der Waals surface area contributed by atoms with Gasteiger partial charge in [-0.3, -0.25) is 14.8 Å². The van der Waals surface area contributed by atoms with Crippen LogP contribution in [0.2, 0.25) is 0 Å². The standard InChI is InChI=1S/C25H27N5O/c1-16-6-9-23(27-13-16)29-21-12-18-7-8-22(21)30(15-18)25(31)24-19(11-17(2)14-28-24)20-5-3-4-10-26-20/h3-6,9-11,13-14,18,21-22H,7-8,12,15H2,1-2H3,(H,27,29). The third kappa shape index (κ3) is 3.90. The van der Waals surface area contributed by atoms with E-state index in [0.29, 0.717) is 11.6 Å². The van der Waals surface area contributed by atoms with Gasteiger partial charge in [0.05, 0.1) is 11.7 Å². The van der Waals surface area contributed by atoms with Gasteiger partial charge in [0.2, 0.25) is 0 Å². The van der Waals surface area contributed by atoms with Crippen molar-refractivity contribution in [1.29, 1.82) is 0 Å². The van der Waals surface area contributed by atoms with Crippen molar-refractivity contribution in [2.75, 3.05) is 11.9 Å². The minimum absolute atomic E-state index is 0.00119. The predicted molar refractivity (Wildman–Crippen MR) is 121 cm³/mol. The first-order valence-corrected chi connectivity index (χ1v) is 11.0. The van der Waals surface area contributed by atoms with Crippen LogP contribution in [0.15, 0.2) is 55.0 Å². The smallest absolute Gasteiger partial charge is 0.273 e. The first-order valence-electron chi connectivity index (χ1n) is 11.0. The fourth-order valence-electron chi connectivity index (χ4n) is 4.92. The number of anilines is 1. The molecule has 6 rings (SSSR count). The molecule has 3 aromatic heterocycles. The van der Waals surface area contributed by atoms with Crippen molar-refractivity contribution < 1.29 is 4.79 Å². The maximum Gasteiger partial charge on any atom is 0.273 e. The van der Waals surface area contributed by atoms with Crippen LogP contribution >= 0.6 is 0 Å². The summed E-state index contributed by atoms with van der Waals surface area (Å²) in [4.78, 5) is 29.3. The molecule has 3 atom stereocenters. The molecule has 3 aliphatic rings. The summed E-state index contributed by atoms with van der Waals surface area (Å²) >= 11 is 0.